The third-order valence-electron chi connectivity index (χ3n) is 3.52. The van der Waals surface area contributed by atoms with Crippen LogP contribution in [0.3, 0.4) is 0 Å². The Kier molecular flexibility index (Phi) is 7.89. The Hall–Kier alpha value is -1.75. The number of amides is 2. The van der Waals surface area contributed by atoms with Gasteiger partial charge in [-0.05, 0) is 43.2 Å². The van der Waals surface area contributed by atoms with Gasteiger partial charge in [0.25, 0.3) is 0 Å². The van der Waals surface area contributed by atoms with E-state index in [2.05, 4.69) is 44.4 Å². The number of unbranched alkanes of at least 4 members (excludes halogenated alkanes) is 2. The summed E-state index contributed by atoms with van der Waals surface area (Å²) in [6, 6.07) is 5.84. The number of hydrogen-bond donors (Lipinski definition) is 3. The SMILES string of the molecule is Cc1ccc(OCNC(=O)NCCCCCO)c(C(C)(C)C)c1. The minimum atomic E-state index is -0.238. The molecule has 130 valence electrons. The number of carbonyl (C=O) groups excluding carboxylic acids is 1. The van der Waals surface area contributed by atoms with Crippen molar-refractivity contribution < 1.29 is 14.6 Å². The molecule has 0 aliphatic carbocycles. The van der Waals surface area contributed by atoms with Gasteiger partial charge in [0.05, 0.1) is 0 Å². The van der Waals surface area contributed by atoms with Crippen molar-refractivity contribution in [2.24, 2.45) is 0 Å². The second-order valence-corrected chi connectivity index (χ2v) is 6.76. The summed E-state index contributed by atoms with van der Waals surface area (Å²) in [6.45, 7) is 9.41. The number of ether oxygens (including phenoxy) is 1. The Morgan fingerprint density at radius 1 is 1.17 bits per heavy atom. The third-order valence-corrected chi connectivity index (χ3v) is 3.52. The lowest BCUT2D eigenvalue weighted by Gasteiger charge is -2.23. The Labute approximate surface area is 139 Å². The van der Waals surface area contributed by atoms with Gasteiger partial charge in [-0.25, -0.2) is 4.79 Å². The molecule has 5 heteroatoms. The highest BCUT2D eigenvalue weighted by Crippen LogP contribution is 2.31. The van der Waals surface area contributed by atoms with Crippen molar-refractivity contribution >= 4 is 6.03 Å². The molecule has 1 aromatic carbocycles. The molecular formula is C18H30N2O3. The highest BCUT2D eigenvalue weighted by atomic mass is 16.5. The molecule has 0 fully saturated rings. The fourth-order valence-corrected chi connectivity index (χ4v) is 2.21. The van der Waals surface area contributed by atoms with Crippen LogP contribution in [-0.2, 0) is 5.41 Å². The summed E-state index contributed by atoms with van der Waals surface area (Å²) in [6.07, 6.45) is 2.54. The van der Waals surface area contributed by atoms with Crippen LogP contribution in [0.25, 0.3) is 0 Å². The Morgan fingerprint density at radius 2 is 1.91 bits per heavy atom. The van der Waals surface area contributed by atoms with E-state index in [9.17, 15) is 4.79 Å². The summed E-state index contributed by atoms with van der Waals surface area (Å²) in [7, 11) is 0. The molecule has 0 aliphatic rings. The second-order valence-electron chi connectivity index (χ2n) is 6.76. The molecule has 0 aliphatic heterocycles. The Balaban J connectivity index is 2.40. The molecule has 0 radical (unpaired) electrons. The van der Waals surface area contributed by atoms with Crippen LogP contribution in [0.1, 0.15) is 51.2 Å². The molecule has 0 bridgehead atoms. The average Bonchev–Trinajstić information content (AvgIpc) is 2.47. The van der Waals surface area contributed by atoms with Gasteiger partial charge in [-0.2, -0.15) is 0 Å². The van der Waals surface area contributed by atoms with Gasteiger partial charge in [0.1, 0.15) is 5.75 Å². The van der Waals surface area contributed by atoms with Crippen LogP contribution in [0.5, 0.6) is 5.75 Å². The molecule has 0 saturated carbocycles. The van der Waals surface area contributed by atoms with E-state index in [1.165, 1.54) is 5.56 Å². The zero-order valence-electron chi connectivity index (χ0n) is 14.7. The molecule has 2 amide bonds. The van der Waals surface area contributed by atoms with E-state index < -0.39 is 0 Å². The van der Waals surface area contributed by atoms with Crippen molar-refractivity contribution in [1.82, 2.24) is 10.6 Å². The normalized spacial score (nSPS) is 11.2. The first-order chi connectivity index (χ1) is 10.8. The number of aliphatic hydroxyl groups excluding tert-OH is 1. The zero-order chi connectivity index (χ0) is 17.3. The number of carbonyl (C=O) groups is 1. The van der Waals surface area contributed by atoms with Gasteiger partial charge in [-0.1, -0.05) is 38.5 Å². The van der Waals surface area contributed by atoms with E-state index in [0.29, 0.717) is 6.54 Å². The highest BCUT2D eigenvalue weighted by Gasteiger charge is 2.19. The molecule has 0 heterocycles. The summed E-state index contributed by atoms with van der Waals surface area (Å²) < 4.78 is 5.73. The van der Waals surface area contributed by atoms with Crippen molar-refractivity contribution in [2.45, 2.75) is 52.4 Å². The maximum Gasteiger partial charge on any atom is 0.317 e. The monoisotopic (exact) mass is 322 g/mol. The summed E-state index contributed by atoms with van der Waals surface area (Å²) in [4.78, 5) is 11.7. The smallest absolute Gasteiger partial charge is 0.317 e. The standard InChI is InChI=1S/C18H30N2O3/c1-14-8-9-16(15(12-14)18(2,3)4)23-13-20-17(22)19-10-6-5-7-11-21/h8-9,12,21H,5-7,10-11,13H2,1-4H3,(H2,19,20,22). The molecule has 0 unspecified atom stereocenters. The van der Waals surface area contributed by atoms with Gasteiger partial charge in [0.2, 0.25) is 0 Å². The van der Waals surface area contributed by atoms with Crippen molar-refractivity contribution in [3.05, 3.63) is 29.3 Å². The molecule has 0 saturated heterocycles. The van der Waals surface area contributed by atoms with E-state index in [-0.39, 0.29) is 24.8 Å². The van der Waals surface area contributed by atoms with Crippen molar-refractivity contribution in [1.29, 1.82) is 0 Å². The third kappa shape index (κ3) is 7.37. The second kappa shape index (κ2) is 9.40. The summed E-state index contributed by atoms with van der Waals surface area (Å²) in [5.41, 5.74) is 2.30. The minimum Gasteiger partial charge on any atom is -0.473 e. The van der Waals surface area contributed by atoms with E-state index >= 15 is 0 Å². The zero-order valence-corrected chi connectivity index (χ0v) is 14.7. The number of aryl methyl sites for hydroxylation is 1. The largest absolute Gasteiger partial charge is 0.473 e. The van der Waals surface area contributed by atoms with Gasteiger partial charge in [-0.15, -0.1) is 0 Å². The Morgan fingerprint density at radius 3 is 2.57 bits per heavy atom. The maximum absolute atomic E-state index is 11.7. The summed E-state index contributed by atoms with van der Waals surface area (Å²) >= 11 is 0. The molecule has 1 rings (SSSR count). The topological polar surface area (TPSA) is 70.6 Å². The Bertz CT molecular complexity index is 496. The van der Waals surface area contributed by atoms with Crippen LogP contribution < -0.4 is 15.4 Å². The fourth-order valence-electron chi connectivity index (χ4n) is 2.21. The van der Waals surface area contributed by atoms with Gasteiger partial charge in [0, 0.05) is 13.2 Å². The first-order valence-corrected chi connectivity index (χ1v) is 8.21. The van der Waals surface area contributed by atoms with Crippen molar-refractivity contribution in [3.63, 3.8) is 0 Å². The number of hydrogen-bond acceptors (Lipinski definition) is 3. The predicted octanol–water partition coefficient (Wildman–Crippen LogP) is 3.09. The average molecular weight is 322 g/mol. The van der Waals surface area contributed by atoms with Gasteiger partial charge in [0.15, 0.2) is 6.73 Å². The van der Waals surface area contributed by atoms with Gasteiger partial charge >= 0.3 is 6.03 Å². The minimum absolute atomic E-state index is 0.0175. The number of urea groups is 1. The van der Waals surface area contributed by atoms with Crippen LogP contribution in [0.2, 0.25) is 0 Å². The number of aliphatic hydroxyl groups is 1. The summed E-state index contributed by atoms with van der Waals surface area (Å²) in [5.74, 6) is 0.798. The van der Waals surface area contributed by atoms with Crippen LogP contribution in [0.15, 0.2) is 18.2 Å². The molecule has 0 spiro atoms. The predicted molar refractivity (Wildman–Crippen MR) is 92.8 cm³/mol. The van der Waals surface area contributed by atoms with E-state index in [1.54, 1.807) is 0 Å². The quantitative estimate of drug-likeness (QED) is 0.509. The summed E-state index contributed by atoms with van der Waals surface area (Å²) in [5, 5.41) is 14.1. The molecular weight excluding hydrogens is 292 g/mol. The van der Waals surface area contributed by atoms with E-state index in [1.807, 2.05) is 12.1 Å². The highest BCUT2D eigenvalue weighted by molar-refractivity contribution is 5.73. The van der Waals surface area contributed by atoms with E-state index in [4.69, 9.17) is 9.84 Å². The first kappa shape index (κ1) is 19.3. The fraction of sp³-hybridized carbons (Fsp3) is 0.611. The van der Waals surface area contributed by atoms with Crippen LogP contribution >= 0.6 is 0 Å². The first-order valence-electron chi connectivity index (χ1n) is 8.21. The molecule has 0 atom stereocenters. The molecule has 5 nitrogen and oxygen atoms in total. The van der Waals surface area contributed by atoms with Gasteiger partial charge in [-0.3, -0.25) is 0 Å². The van der Waals surface area contributed by atoms with Crippen molar-refractivity contribution in [3.8, 4) is 5.75 Å². The number of benzene rings is 1. The maximum atomic E-state index is 11.7. The molecule has 0 aromatic heterocycles. The van der Waals surface area contributed by atoms with Crippen LogP contribution in [-0.4, -0.2) is 31.0 Å². The lowest BCUT2D eigenvalue weighted by molar-refractivity contribution is 0.222. The number of nitrogens with one attached hydrogen (secondary N) is 2. The molecule has 1 aromatic rings. The molecule has 23 heavy (non-hydrogen) atoms. The van der Waals surface area contributed by atoms with E-state index in [0.717, 1.165) is 30.6 Å². The number of rotatable bonds is 8. The lowest BCUT2D eigenvalue weighted by Crippen LogP contribution is -2.38. The van der Waals surface area contributed by atoms with Gasteiger partial charge < -0.3 is 20.5 Å². The van der Waals surface area contributed by atoms with Crippen LogP contribution in [0, 0.1) is 6.92 Å². The lowest BCUT2D eigenvalue weighted by atomic mass is 9.85. The molecule has 3 N–H and O–H groups in total. The van der Waals surface area contributed by atoms with Crippen LogP contribution in [0.4, 0.5) is 4.79 Å². The van der Waals surface area contributed by atoms with Crippen molar-refractivity contribution in [2.75, 3.05) is 19.9 Å².